The summed E-state index contributed by atoms with van der Waals surface area (Å²) >= 11 is 0. The summed E-state index contributed by atoms with van der Waals surface area (Å²) in [5.74, 6) is 2.17. The molecule has 1 aromatic heterocycles. The topological polar surface area (TPSA) is 56.3 Å². The zero-order valence-electron chi connectivity index (χ0n) is 12.1. The summed E-state index contributed by atoms with van der Waals surface area (Å²) in [6.45, 7) is 1.75. The molecule has 5 heteroatoms. The zero-order valence-corrected chi connectivity index (χ0v) is 12.1. The van der Waals surface area contributed by atoms with Crippen LogP contribution in [0.2, 0.25) is 0 Å². The van der Waals surface area contributed by atoms with Gasteiger partial charge in [0.15, 0.2) is 11.6 Å². The Hall–Kier alpha value is -2.14. The summed E-state index contributed by atoms with van der Waals surface area (Å²) in [4.78, 5) is 8.71. The molecule has 21 heavy (non-hydrogen) atoms. The molecule has 0 spiro atoms. The molecular formula is C16H19N3O2. The Labute approximate surface area is 124 Å². The first-order valence-electron chi connectivity index (χ1n) is 7.18. The Morgan fingerprint density at radius 2 is 2.10 bits per heavy atom. The Bertz CT molecular complexity index is 580. The molecule has 0 radical (unpaired) electrons. The van der Waals surface area contributed by atoms with Crippen LogP contribution < -0.4 is 14.8 Å². The zero-order chi connectivity index (χ0) is 14.5. The number of hydrogen-bond donors (Lipinski definition) is 1. The molecule has 1 N–H and O–H groups in total. The second-order valence-electron chi connectivity index (χ2n) is 5.08. The summed E-state index contributed by atoms with van der Waals surface area (Å²) in [5.41, 5.74) is 0.929. The molecule has 0 amide bonds. The maximum atomic E-state index is 5.71. The normalized spacial score (nSPS) is 17.7. The highest BCUT2D eigenvalue weighted by Crippen LogP contribution is 2.21. The Morgan fingerprint density at radius 1 is 1.24 bits per heavy atom. The van der Waals surface area contributed by atoms with Crippen molar-refractivity contribution in [1.29, 1.82) is 0 Å². The second-order valence-corrected chi connectivity index (χ2v) is 5.08. The van der Waals surface area contributed by atoms with Gasteiger partial charge in [0.25, 0.3) is 0 Å². The minimum absolute atomic E-state index is 0.447. The number of methoxy groups -OCH3 is 1. The quantitative estimate of drug-likeness (QED) is 0.913. The number of aromatic nitrogens is 2. The van der Waals surface area contributed by atoms with Gasteiger partial charge in [-0.3, -0.25) is 0 Å². The van der Waals surface area contributed by atoms with E-state index in [9.17, 15) is 0 Å². The maximum Gasteiger partial charge on any atom is 0.159 e. The predicted octanol–water partition coefficient (Wildman–Crippen LogP) is 2.28. The molecule has 1 fully saturated rings. The van der Waals surface area contributed by atoms with Crippen molar-refractivity contribution in [2.24, 2.45) is 0 Å². The lowest BCUT2D eigenvalue weighted by molar-refractivity contribution is 0.275. The number of nitrogens with zero attached hydrogens (tertiary/aromatic N) is 2. The molecule has 1 saturated heterocycles. The predicted molar refractivity (Wildman–Crippen MR) is 80.5 cm³/mol. The van der Waals surface area contributed by atoms with E-state index in [0.717, 1.165) is 17.9 Å². The molecule has 1 aliphatic rings. The largest absolute Gasteiger partial charge is 0.497 e. The molecule has 5 nitrogen and oxygen atoms in total. The lowest BCUT2D eigenvalue weighted by Gasteiger charge is -2.11. The van der Waals surface area contributed by atoms with E-state index < -0.39 is 0 Å². The van der Waals surface area contributed by atoms with Crippen LogP contribution in [0.3, 0.4) is 0 Å². The van der Waals surface area contributed by atoms with Gasteiger partial charge in [0.1, 0.15) is 12.4 Å². The van der Waals surface area contributed by atoms with Crippen molar-refractivity contribution in [2.45, 2.75) is 18.9 Å². The summed E-state index contributed by atoms with van der Waals surface area (Å²) in [7, 11) is 1.65. The third kappa shape index (κ3) is 3.49. The fourth-order valence-electron chi connectivity index (χ4n) is 2.40. The first kappa shape index (κ1) is 13.8. The summed E-state index contributed by atoms with van der Waals surface area (Å²) in [5, 5.41) is 3.40. The van der Waals surface area contributed by atoms with Crippen LogP contribution in [0.5, 0.6) is 11.5 Å². The van der Waals surface area contributed by atoms with Gasteiger partial charge in [-0.15, -0.1) is 0 Å². The van der Waals surface area contributed by atoms with Gasteiger partial charge >= 0.3 is 0 Å². The van der Waals surface area contributed by atoms with Crippen molar-refractivity contribution in [1.82, 2.24) is 15.3 Å². The van der Waals surface area contributed by atoms with E-state index in [1.807, 2.05) is 24.3 Å². The van der Waals surface area contributed by atoms with E-state index in [0.29, 0.717) is 24.2 Å². The van der Waals surface area contributed by atoms with E-state index >= 15 is 0 Å². The Morgan fingerprint density at radius 3 is 2.81 bits per heavy atom. The molecule has 110 valence electrons. The second kappa shape index (κ2) is 6.54. The average molecular weight is 285 g/mol. The number of nitrogens with one attached hydrogen (secondary N) is 1. The summed E-state index contributed by atoms with van der Waals surface area (Å²) in [6, 6.07) is 8.14. The highest BCUT2D eigenvalue weighted by Gasteiger charge is 2.14. The van der Waals surface area contributed by atoms with Crippen LogP contribution in [0.1, 0.15) is 12.8 Å². The van der Waals surface area contributed by atoms with Gasteiger partial charge in [-0.05, 0) is 31.5 Å². The van der Waals surface area contributed by atoms with Gasteiger partial charge in [-0.25, -0.2) is 9.97 Å². The van der Waals surface area contributed by atoms with E-state index in [1.54, 1.807) is 19.5 Å². The molecule has 2 heterocycles. The number of rotatable bonds is 5. The van der Waals surface area contributed by atoms with Crippen LogP contribution in [-0.2, 0) is 0 Å². The van der Waals surface area contributed by atoms with Crippen LogP contribution in [0, 0.1) is 0 Å². The maximum absolute atomic E-state index is 5.71. The van der Waals surface area contributed by atoms with Crippen LogP contribution in [0.4, 0.5) is 0 Å². The smallest absolute Gasteiger partial charge is 0.159 e. The molecule has 1 aliphatic heterocycles. The van der Waals surface area contributed by atoms with Crippen molar-refractivity contribution in [2.75, 3.05) is 20.3 Å². The minimum Gasteiger partial charge on any atom is -0.497 e. The highest BCUT2D eigenvalue weighted by molar-refractivity contribution is 5.57. The third-order valence-electron chi connectivity index (χ3n) is 3.57. The van der Waals surface area contributed by atoms with E-state index in [4.69, 9.17) is 9.47 Å². The van der Waals surface area contributed by atoms with Gasteiger partial charge in [0, 0.05) is 11.6 Å². The van der Waals surface area contributed by atoms with Crippen molar-refractivity contribution in [3.8, 4) is 22.9 Å². The first-order chi connectivity index (χ1) is 10.3. The summed E-state index contributed by atoms with van der Waals surface area (Å²) < 4.78 is 10.9. The van der Waals surface area contributed by atoms with Gasteiger partial charge in [0.05, 0.1) is 19.5 Å². The average Bonchev–Trinajstić information content (AvgIpc) is 3.07. The molecule has 1 unspecified atom stereocenters. The molecule has 1 atom stereocenters. The minimum atomic E-state index is 0.447. The lowest BCUT2D eigenvalue weighted by Crippen LogP contribution is -2.28. The van der Waals surface area contributed by atoms with Gasteiger partial charge in [0.2, 0.25) is 0 Å². The van der Waals surface area contributed by atoms with Crippen LogP contribution in [-0.4, -0.2) is 36.3 Å². The van der Waals surface area contributed by atoms with Crippen LogP contribution in [0.25, 0.3) is 11.4 Å². The van der Waals surface area contributed by atoms with Crippen LogP contribution in [0.15, 0.2) is 36.7 Å². The third-order valence-corrected chi connectivity index (χ3v) is 3.57. The van der Waals surface area contributed by atoms with Crippen molar-refractivity contribution in [3.05, 3.63) is 36.7 Å². The Kier molecular flexibility index (Phi) is 4.31. The van der Waals surface area contributed by atoms with Crippen molar-refractivity contribution < 1.29 is 9.47 Å². The van der Waals surface area contributed by atoms with Gasteiger partial charge in [-0.2, -0.15) is 0 Å². The van der Waals surface area contributed by atoms with Crippen LogP contribution >= 0.6 is 0 Å². The molecular weight excluding hydrogens is 266 g/mol. The molecule has 2 aromatic rings. The number of ether oxygens (including phenoxy) is 2. The molecule has 0 aliphatic carbocycles. The summed E-state index contributed by atoms with van der Waals surface area (Å²) in [6.07, 6.45) is 5.83. The SMILES string of the molecule is COc1cccc(-c2ncc(OCC3CCCN3)cn2)c1. The number of hydrogen-bond acceptors (Lipinski definition) is 5. The van der Waals surface area contributed by atoms with E-state index in [1.165, 1.54) is 12.8 Å². The highest BCUT2D eigenvalue weighted by atomic mass is 16.5. The van der Waals surface area contributed by atoms with Gasteiger partial charge < -0.3 is 14.8 Å². The van der Waals surface area contributed by atoms with Crippen molar-refractivity contribution >= 4 is 0 Å². The standard InChI is InChI=1S/C16H19N3O2/c1-20-14-6-2-4-12(8-14)16-18-9-15(10-19-16)21-11-13-5-3-7-17-13/h2,4,6,8-10,13,17H,3,5,7,11H2,1H3. The fourth-order valence-corrected chi connectivity index (χ4v) is 2.40. The Balaban J connectivity index is 1.65. The van der Waals surface area contributed by atoms with Gasteiger partial charge in [-0.1, -0.05) is 12.1 Å². The first-order valence-corrected chi connectivity index (χ1v) is 7.18. The van der Waals surface area contributed by atoms with Crippen molar-refractivity contribution in [3.63, 3.8) is 0 Å². The molecule has 1 aromatic carbocycles. The monoisotopic (exact) mass is 285 g/mol. The van der Waals surface area contributed by atoms with E-state index in [-0.39, 0.29) is 0 Å². The van der Waals surface area contributed by atoms with E-state index in [2.05, 4.69) is 15.3 Å². The molecule has 3 rings (SSSR count). The lowest BCUT2D eigenvalue weighted by atomic mass is 10.2. The fraction of sp³-hybridized carbons (Fsp3) is 0.375. The number of benzene rings is 1. The molecule has 0 bridgehead atoms. The molecule has 0 saturated carbocycles.